The van der Waals surface area contributed by atoms with E-state index in [0.717, 1.165) is 0 Å². The number of aromatic carboxylic acids is 1. The summed E-state index contributed by atoms with van der Waals surface area (Å²) >= 11 is 0. The van der Waals surface area contributed by atoms with Gasteiger partial charge in [0.2, 0.25) is 0 Å². The standard InChI is InChI=1S/C16H16N2O4/c1-2-22-14-6-4-3-5-13(14)18-16(21)17-12-9-7-11(8-10-12)15(19)20/h3-10H,2H2,1H3,(H,19,20)(H2,17,18,21)/p-1. The van der Waals surface area contributed by atoms with E-state index in [1.54, 1.807) is 18.2 Å². The van der Waals surface area contributed by atoms with E-state index in [1.807, 2.05) is 13.0 Å². The van der Waals surface area contributed by atoms with Crippen LogP contribution in [0.3, 0.4) is 0 Å². The van der Waals surface area contributed by atoms with E-state index in [-0.39, 0.29) is 5.56 Å². The zero-order chi connectivity index (χ0) is 15.9. The molecule has 0 fully saturated rings. The lowest BCUT2D eigenvalue weighted by Crippen LogP contribution is -2.22. The molecule has 0 saturated carbocycles. The Balaban J connectivity index is 2.02. The Bertz CT molecular complexity index is 668. The van der Waals surface area contributed by atoms with Crippen LogP contribution in [-0.4, -0.2) is 18.6 Å². The van der Waals surface area contributed by atoms with Crippen molar-refractivity contribution < 1.29 is 19.4 Å². The summed E-state index contributed by atoms with van der Waals surface area (Å²) in [7, 11) is 0. The van der Waals surface area contributed by atoms with Gasteiger partial charge in [0.05, 0.1) is 18.3 Å². The summed E-state index contributed by atoms with van der Waals surface area (Å²) in [6.07, 6.45) is 0. The van der Waals surface area contributed by atoms with Crippen LogP contribution in [0.15, 0.2) is 48.5 Å². The molecule has 0 aliphatic carbocycles. The number of hydrogen-bond donors (Lipinski definition) is 2. The Labute approximate surface area is 127 Å². The third-order valence-electron chi connectivity index (χ3n) is 2.81. The molecule has 0 radical (unpaired) electrons. The van der Waals surface area contributed by atoms with Crippen LogP contribution in [0.2, 0.25) is 0 Å². The molecule has 22 heavy (non-hydrogen) atoms. The fraction of sp³-hybridized carbons (Fsp3) is 0.125. The van der Waals surface area contributed by atoms with Crippen LogP contribution < -0.4 is 20.5 Å². The Kier molecular flexibility index (Phi) is 4.98. The number of rotatable bonds is 5. The zero-order valence-corrected chi connectivity index (χ0v) is 12.0. The minimum Gasteiger partial charge on any atom is -0.545 e. The SMILES string of the molecule is CCOc1ccccc1NC(=O)Nc1ccc(C(=O)[O-])cc1. The first-order valence-electron chi connectivity index (χ1n) is 6.71. The smallest absolute Gasteiger partial charge is 0.323 e. The number of carboxylic acids is 1. The molecule has 0 aliphatic rings. The van der Waals surface area contributed by atoms with Crippen molar-refractivity contribution in [1.29, 1.82) is 0 Å². The molecule has 0 unspecified atom stereocenters. The first kappa shape index (κ1) is 15.4. The van der Waals surface area contributed by atoms with Crippen molar-refractivity contribution in [2.24, 2.45) is 0 Å². The summed E-state index contributed by atoms with van der Waals surface area (Å²) in [5, 5.41) is 15.9. The summed E-state index contributed by atoms with van der Waals surface area (Å²) in [5.41, 5.74) is 1.07. The summed E-state index contributed by atoms with van der Waals surface area (Å²) in [5.74, 6) is -0.686. The molecule has 0 saturated heterocycles. The number of carboxylic acid groups (broad SMARTS) is 1. The Morgan fingerprint density at radius 3 is 2.36 bits per heavy atom. The Morgan fingerprint density at radius 2 is 1.73 bits per heavy atom. The van der Waals surface area contributed by atoms with Gasteiger partial charge < -0.3 is 25.3 Å². The second-order valence-corrected chi connectivity index (χ2v) is 4.37. The molecule has 114 valence electrons. The molecule has 2 rings (SSSR count). The van der Waals surface area contributed by atoms with Crippen molar-refractivity contribution in [3.8, 4) is 5.75 Å². The second kappa shape index (κ2) is 7.12. The third-order valence-corrected chi connectivity index (χ3v) is 2.81. The fourth-order valence-corrected chi connectivity index (χ4v) is 1.83. The lowest BCUT2D eigenvalue weighted by Gasteiger charge is -2.12. The van der Waals surface area contributed by atoms with E-state index in [1.165, 1.54) is 24.3 Å². The molecule has 2 aromatic carbocycles. The number of benzene rings is 2. The minimum atomic E-state index is -1.26. The molecular formula is C16H15N2O4-. The van der Waals surface area contributed by atoms with Crippen LogP contribution in [0.5, 0.6) is 5.75 Å². The van der Waals surface area contributed by atoms with Crippen molar-refractivity contribution in [3.05, 3.63) is 54.1 Å². The predicted molar refractivity (Wildman–Crippen MR) is 81.0 cm³/mol. The predicted octanol–water partition coefficient (Wildman–Crippen LogP) is 2.09. The van der Waals surface area contributed by atoms with Crippen molar-refractivity contribution in [1.82, 2.24) is 0 Å². The monoisotopic (exact) mass is 299 g/mol. The van der Waals surface area contributed by atoms with E-state index in [2.05, 4.69) is 10.6 Å². The van der Waals surface area contributed by atoms with Gasteiger partial charge in [-0.3, -0.25) is 0 Å². The molecule has 0 bridgehead atoms. The number of carbonyl (C=O) groups is 2. The molecule has 6 nitrogen and oxygen atoms in total. The van der Waals surface area contributed by atoms with Crippen molar-refractivity contribution >= 4 is 23.4 Å². The van der Waals surface area contributed by atoms with Gasteiger partial charge in [0, 0.05) is 5.69 Å². The topological polar surface area (TPSA) is 90.5 Å². The lowest BCUT2D eigenvalue weighted by atomic mass is 10.2. The molecule has 0 spiro atoms. The highest BCUT2D eigenvalue weighted by Crippen LogP contribution is 2.23. The van der Waals surface area contributed by atoms with Crippen molar-refractivity contribution in [2.75, 3.05) is 17.2 Å². The Hall–Kier alpha value is -3.02. The number of nitrogens with one attached hydrogen (secondary N) is 2. The molecule has 2 amide bonds. The summed E-state index contributed by atoms with van der Waals surface area (Å²) in [6, 6.07) is 12.3. The zero-order valence-electron chi connectivity index (χ0n) is 12.0. The maximum absolute atomic E-state index is 12.0. The van der Waals surface area contributed by atoms with E-state index in [0.29, 0.717) is 23.7 Å². The minimum absolute atomic E-state index is 0.0487. The number of para-hydroxylation sites is 2. The quantitative estimate of drug-likeness (QED) is 0.884. The average Bonchev–Trinajstić information content (AvgIpc) is 2.50. The normalized spacial score (nSPS) is 9.86. The first-order chi connectivity index (χ1) is 10.6. The molecule has 0 aromatic heterocycles. The fourth-order valence-electron chi connectivity index (χ4n) is 1.83. The van der Waals surface area contributed by atoms with Crippen LogP contribution in [0.1, 0.15) is 17.3 Å². The van der Waals surface area contributed by atoms with Crippen LogP contribution >= 0.6 is 0 Å². The molecular weight excluding hydrogens is 284 g/mol. The first-order valence-corrected chi connectivity index (χ1v) is 6.71. The average molecular weight is 299 g/mol. The molecule has 2 N–H and O–H groups in total. The number of amides is 2. The largest absolute Gasteiger partial charge is 0.545 e. The van der Waals surface area contributed by atoms with E-state index in [4.69, 9.17) is 4.74 Å². The number of carbonyl (C=O) groups excluding carboxylic acids is 2. The molecule has 0 heterocycles. The summed E-state index contributed by atoms with van der Waals surface area (Å²) in [4.78, 5) is 22.6. The van der Waals surface area contributed by atoms with Crippen LogP contribution in [0.4, 0.5) is 16.2 Å². The lowest BCUT2D eigenvalue weighted by molar-refractivity contribution is -0.255. The highest BCUT2D eigenvalue weighted by Gasteiger charge is 2.07. The van der Waals surface area contributed by atoms with Crippen LogP contribution in [-0.2, 0) is 0 Å². The highest BCUT2D eigenvalue weighted by molar-refractivity contribution is 6.00. The van der Waals surface area contributed by atoms with Gasteiger partial charge >= 0.3 is 6.03 Å². The molecule has 2 aromatic rings. The van der Waals surface area contributed by atoms with E-state index >= 15 is 0 Å². The Morgan fingerprint density at radius 1 is 1.05 bits per heavy atom. The molecule has 0 atom stereocenters. The van der Waals surface area contributed by atoms with Gasteiger partial charge in [-0.1, -0.05) is 24.3 Å². The maximum Gasteiger partial charge on any atom is 0.323 e. The maximum atomic E-state index is 12.0. The number of hydrogen-bond acceptors (Lipinski definition) is 4. The van der Waals surface area contributed by atoms with Gasteiger partial charge in [0.25, 0.3) is 0 Å². The van der Waals surface area contributed by atoms with Gasteiger partial charge in [0.15, 0.2) is 0 Å². The van der Waals surface area contributed by atoms with Gasteiger partial charge in [0.1, 0.15) is 5.75 Å². The van der Waals surface area contributed by atoms with Gasteiger partial charge in [-0.25, -0.2) is 4.79 Å². The van der Waals surface area contributed by atoms with Gasteiger partial charge in [-0.15, -0.1) is 0 Å². The number of anilines is 2. The number of urea groups is 1. The van der Waals surface area contributed by atoms with Crippen LogP contribution in [0, 0.1) is 0 Å². The van der Waals surface area contributed by atoms with Crippen LogP contribution in [0.25, 0.3) is 0 Å². The van der Waals surface area contributed by atoms with E-state index < -0.39 is 12.0 Å². The van der Waals surface area contributed by atoms with E-state index in [9.17, 15) is 14.7 Å². The highest BCUT2D eigenvalue weighted by atomic mass is 16.5. The second-order valence-electron chi connectivity index (χ2n) is 4.37. The number of ether oxygens (including phenoxy) is 1. The van der Waals surface area contributed by atoms with Crippen molar-refractivity contribution in [2.45, 2.75) is 6.92 Å². The summed E-state index contributed by atoms with van der Waals surface area (Å²) < 4.78 is 5.42. The summed E-state index contributed by atoms with van der Waals surface area (Å²) in [6.45, 7) is 2.35. The third kappa shape index (κ3) is 3.99. The van der Waals surface area contributed by atoms with Gasteiger partial charge in [-0.05, 0) is 36.8 Å². The molecule has 6 heteroatoms. The molecule has 0 aliphatic heterocycles. The van der Waals surface area contributed by atoms with Gasteiger partial charge in [-0.2, -0.15) is 0 Å². The van der Waals surface area contributed by atoms with Crippen molar-refractivity contribution in [3.63, 3.8) is 0 Å².